The van der Waals surface area contributed by atoms with E-state index < -0.39 is 6.09 Å². The minimum atomic E-state index is -0.838. The number of nitrogens with zero attached hydrogens (tertiary/aromatic N) is 4. The first-order chi connectivity index (χ1) is 16.2. The van der Waals surface area contributed by atoms with Crippen LogP contribution in [0.15, 0.2) is 54.6 Å². The second-order valence-corrected chi connectivity index (χ2v) is 10.1. The molecule has 3 aromatic rings. The van der Waals surface area contributed by atoms with Gasteiger partial charge in [0.25, 0.3) is 0 Å². The van der Waals surface area contributed by atoms with Gasteiger partial charge >= 0.3 is 6.09 Å². The van der Waals surface area contributed by atoms with Crippen LogP contribution in [0.5, 0.6) is 0 Å². The van der Waals surface area contributed by atoms with Crippen LogP contribution in [0.25, 0.3) is 10.1 Å². The van der Waals surface area contributed by atoms with Gasteiger partial charge < -0.3 is 10.0 Å². The van der Waals surface area contributed by atoms with Crippen LogP contribution in [0.1, 0.15) is 32.1 Å². The zero-order chi connectivity index (χ0) is 22.6. The van der Waals surface area contributed by atoms with Gasteiger partial charge in [-0.05, 0) is 80.4 Å². The standard InChI is InChI=1S/C26H32N4O2S/c31-26(32)30(21-6-2-1-3-7-21)22-12-10-20(11-13-22)14-15-28-16-18-29(19-17-28)25-23-8-4-5-9-24(23)33-27-25/h1-9,20,22H,10-19H2,(H,31,32). The van der Waals surface area contributed by atoms with Crippen LogP contribution < -0.4 is 9.80 Å². The van der Waals surface area contributed by atoms with Crippen LogP contribution in [-0.2, 0) is 0 Å². The van der Waals surface area contributed by atoms with Gasteiger partial charge in [-0.1, -0.05) is 30.3 Å². The highest BCUT2D eigenvalue weighted by molar-refractivity contribution is 7.13. The lowest BCUT2D eigenvalue weighted by Gasteiger charge is -2.38. The highest BCUT2D eigenvalue weighted by Gasteiger charge is 2.30. The number of piperazine rings is 1. The minimum absolute atomic E-state index is 0.0950. The maximum Gasteiger partial charge on any atom is 0.412 e. The smallest absolute Gasteiger partial charge is 0.412 e. The summed E-state index contributed by atoms with van der Waals surface area (Å²) in [6.07, 6.45) is 4.52. The molecule has 1 N–H and O–H groups in total. The molecule has 174 valence electrons. The van der Waals surface area contributed by atoms with Gasteiger partial charge in [-0.25, -0.2) is 4.79 Å². The summed E-state index contributed by atoms with van der Waals surface area (Å²) in [7, 11) is 0. The molecule has 33 heavy (non-hydrogen) atoms. The number of rotatable bonds is 6. The Morgan fingerprint density at radius 3 is 2.39 bits per heavy atom. The predicted octanol–water partition coefficient (Wildman–Crippen LogP) is 5.55. The lowest BCUT2D eigenvalue weighted by Crippen LogP contribution is -2.47. The van der Waals surface area contributed by atoms with E-state index >= 15 is 0 Å². The molecule has 2 aliphatic rings. The van der Waals surface area contributed by atoms with Gasteiger partial charge in [0.1, 0.15) is 5.82 Å². The van der Waals surface area contributed by atoms with Crippen molar-refractivity contribution in [1.82, 2.24) is 9.27 Å². The molecule has 5 rings (SSSR count). The maximum atomic E-state index is 11.9. The normalized spacial score (nSPS) is 21.9. The molecule has 6 nitrogen and oxygen atoms in total. The molecule has 2 aromatic carbocycles. The Bertz CT molecular complexity index is 1060. The van der Waals surface area contributed by atoms with Crippen LogP contribution in [-0.4, -0.2) is 59.2 Å². The van der Waals surface area contributed by atoms with Gasteiger partial charge in [-0.3, -0.25) is 9.80 Å². The molecule has 2 heterocycles. The number of para-hydroxylation sites is 1. The summed E-state index contributed by atoms with van der Waals surface area (Å²) >= 11 is 1.59. The molecule has 1 amide bonds. The van der Waals surface area contributed by atoms with Gasteiger partial charge in [-0.2, -0.15) is 4.37 Å². The first-order valence-corrected chi connectivity index (χ1v) is 12.9. The van der Waals surface area contributed by atoms with Crippen molar-refractivity contribution in [3.05, 3.63) is 54.6 Å². The maximum absolute atomic E-state index is 11.9. The fraction of sp³-hybridized carbons (Fsp3) is 0.462. The molecule has 1 saturated heterocycles. The Morgan fingerprint density at radius 2 is 1.67 bits per heavy atom. The van der Waals surface area contributed by atoms with Crippen LogP contribution in [0.2, 0.25) is 0 Å². The molecule has 1 saturated carbocycles. The number of aromatic nitrogens is 1. The van der Waals surface area contributed by atoms with E-state index in [0.29, 0.717) is 5.92 Å². The van der Waals surface area contributed by atoms with Crippen LogP contribution in [0.4, 0.5) is 16.3 Å². The second kappa shape index (κ2) is 10.1. The number of anilines is 2. The summed E-state index contributed by atoms with van der Waals surface area (Å²) in [6, 6.07) is 18.1. The van der Waals surface area contributed by atoms with Crippen LogP contribution in [0.3, 0.4) is 0 Å². The molecule has 0 unspecified atom stereocenters. The van der Waals surface area contributed by atoms with E-state index in [1.807, 2.05) is 30.3 Å². The summed E-state index contributed by atoms with van der Waals surface area (Å²) < 4.78 is 5.99. The first kappa shape index (κ1) is 22.2. The topological polar surface area (TPSA) is 59.9 Å². The van der Waals surface area contributed by atoms with E-state index in [4.69, 9.17) is 4.37 Å². The molecule has 0 bridgehead atoms. The van der Waals surface area contributed by atoms with E-state index in [0.717, 1.165) is 69.9 Å². The van der Waals surface area contributed by atoms with Crippen molar-refractivity contribution in [2.24, 2.45) is 5.92 Å². The van der Waals surface area contributed by atoms with Crippen molar-refractivity contribution in [2.75, 3.05) is 42.5 Å². The van der Waals surface area contributed by atoms with E-state index in [1.165, 1.54) is 16.5 Å². The Morgan fingerprint density at radius 1 is 0.970 bits per heavy atom. The quantitative estimate of drug-likeness (QED) is 0.518. The van der Waals surface area contributed by atoms with Crippen molar-refractivity contribution in [3.63, 3.8) is 0 Å². The van der Waals surface area contributed by atoms with Gasteiger partial charge in [0.05, 0.1) is 4.70 Å². The number of amides is 1. The number of benzene rings is 2. The SMILES string of the molecule is O=C(O)N(c1ccccc1)C1CCC(CCN2CCN(c3nsc4ccccc34)CC2)CC1. The third kappa shape index (κ3) is 4.99. The zero-order valence-corrected chi connectivity index (χ0v) is 19.8. The lowest BCUT2D eigenvalue weighted by molar-refractivity contribution is 0.189. The third-order valence-electron chi connectivity index (χ3n) is 7.31. The number of hydrogen-bond donors (Lipinski definition) is 1. The number of hydrogen-bond acceptors (Lipinski definition) is 5. The van der Waals surface area contributed by atoms with E-state index in [9.17, 15) is 9.90 Å². The summed E-state index contributed by atoms with van der Waals surface area (Å²) in [4.78, 5) is 18.5. The average molecular weight is 465 g/mol. The van der Waals surface area contributed by atoms with E-state index in [1.54, 1.807) is 16.4 Å². The Hall–Kier alpha value is -2.64. The van der Waals surface area contributed by atoms with Crippen LogP contribution in [0, 0.1) is 5.92 Å². The highest BCUT2D eigenvalue weighted by Crippen LogP contribution is 2.33. The molecule has 0 atom stereocenters. The molecule has 2 fully saturated rings. The number of carbonyl (C=O) groups is 1. The molecule has 1 aliphatic carbocycles. The van der Waals surface area contributed by atoms with Gasteiger partial charge in [-0.15, -0.1) is 0 Å². The Kier molecular flexibility index (Phi) is 6.78. The molecular formula is C26H32N4O2S. The largest absolute Gasteiger partial charge is 0.465 e. The lowest BCUT2D eigenvalue weighted by atomic mass is 9.83. The van der Waals surface area contributed by atoms with Crippen molar-refractivity contribution in [1.29, 1.82) is 0 Å². The average Bonchev–Trinajstić information content (AvgIpc) is 3.29. The van der Waals surface area contributed by atoms with Gasteiger partial charge in [0.15, 0.2) is 0 Å². The summed E-state index contributed by atoms with van der Waals surface area (Å²) in [5, 5.41) is 11.1. The molecule has 1 aromatic heterocycles. The molecule has 0 spiro atoms. The summed E-state index contributed by atoms with van der Waals surface area (Å²) in [5.41, 5.74) is 0.791. The number of fused-ring (bicyclic) bond motifs is 1. The zero-order valence-electron chi connectivity index (χ0n) is 19.0. The second-order valence-electron chi connectivity index (χ2n) is 9.28. The Balaban J connectivity index is 1.08. The fourth-order valence-corrected chi connectivity index (χ4v) is 6.20. The van der Waals surface area contributed by atoms with Crippen molar-refractivity contribution in [2.45, 2.75) is 38.1 Å². The molecule has 0 radical (unpaired) electrons. The van der Waals surface area contributed by atoms with E-state index in [2.05, 4.69) is 34.1 Å². The van der Waals surface area contributed by atoms with Crippen molar-refractivity contribution in [3.8, 4) is 0 Å². The molecule has 1 aliphatic heterocycles. The first-order valence-electron chi connectivity index (χ1n) is 12.1. The number of carboxylic acid groups (broad SMARTS) is 1. The summed E-state index contributed by atoms with van der Waals surface area (Å²) in [5.74, 6) is 1.85. The summed E-state index contributed by atoms with van der Waals surface area (Å²) in [6.45, 7) is 5.38. The monoisotopic (exact) mass is 464 g/mol. The van der Waals surface area contributed by atoms with Gasteiger partial charge in [0, 0.05) is 43.3 Å². The predicted molar refractivity (Wildman–Crippen MR) is 136 cm³/mol. The van der Waals surface area contributed by atoms with Gasteiger partial charge in [0.2, 0.25) is 0 Å². The van der Waals surface area contributed by atoms with Crippen LogP contribution >= 0.6 is 11.5 Å². The molecule has 7 heteroatoms. The van der Waals surface area contributed by atoms with E-state index in [-0.39, 0.29) is 6.04 Å². The highest BCUT2D eigenvalue weighted by atomic mass is 32.1. The fourth-order valence-electron chi connectivity index (χ4n) is 5.41. The Labute approximate surface area is 199 Å². The van der Waals surface area contributed by atoms with Crippen molar-refractivity contribution >= 4 is 39.2 Å². The third-order valence-corrected chi connectivity index (χ3v) is 8.12. The minimum Gasteiger partial charge on any atom is -0.465 e. The molecular weight excluding hydrogens is 432 g/mol. The van der Waals surface area contributed by atoms with Crippen molar-refractivity contribution < 1.29 is 9.90 Å².